The van der Waals surface area contributed by atoms with Crippen molar-refractivity contribution >= 4 is 5.97 Å². The van der Waals surface area contributed by atoms with E-state index in [1.54, 1.807) is 13.8 Å². The molecule has 1 rings (SSSR count). The lowest BCUT2D eigenvalue weighted by molar-refractivity contribution is -0.156. The van der Waals surface area contributed by atoms with E-state index in [9.17, 15) is 9.90 Å². The molecule has 14 heavy (non-hydrogen) atoms. The van der Waals surface area contributed by atoms with E-state index in [1.807, 2.05) is 0 Å². The molecule has 0 aromatic rings. The fraction of sp³-hybridized carbons (Fsp3) is 0.909. The van der Waals surface area contributed by atoms with Crippen LogP contribution in [0.1, 0.15) is 40.0 Å². The molecular weight excluding hydrogens is 180 g/mol. The zero-order valence-electron chi connectivity index (χ0n) is 9.25. The van der Waals surface area contributed by atoms with Gasteiger partial charge < -0.3 is 9.84 Å². The third-order valence-corrected chi connectivity index (χ3v) is 3.22. The van der Waals surface area contributed by atoms with Crippen molar-refractivity contribution in [1.82, 2.24) is 0 Å². The zero-order valence-corrected chi connectivity index (χ0v) is 9.25. The Hall–Kier alpha value is -0.570. The molecule has 82 valence electrons. The van der Waals surface area contributed by atoms with Gasteiger partial charge in [0.1, 0.15) is 0 Å². The van der Waals surface area contributed by atoms with Gasteiger partial charge >= 0.3 is 5.97 Å². The van der Waals surface area contributed by atoms with E-state index in [4.69, 9.17) is 4.74 Å². The molecule has 1 saturated carbocycles. The number of hydrogen-bond acceptors (Lipinski definition) is 3. The van der Waals surface area contributed by atoms with Crippen molar-refractivity contribution in [3.05, 3.63) is 0 Å². The second-order valence-electron chi connectivity index (χ2n) is 4.43. The number of carbonyl (C=O) groups excluding carboxylic acids is 1. The molecule has 0 spiro atoms. The highest BCUT2D eigenvalue weighted by molar-refractivity contribution is 5.73. The van der Waals surface area contributed by atoms with E-state index in [0.717, 1.165) is 6.42 Å². The maximum absolute atomic E-state index is 11.5. The third kappa shape index (κ3) is 2.27. The Balaban J connectivity index is 2.59. The second kappa shape index (κ2) is 4.30. The highest BCUT2D eigenvalue weighted by atomic mass is 16.5. The minimum atomic E-state index is -0.828. The molecule has 3 heteroatoms. The van der Waals surface area contributed by atoms with Crippen molar-refractivity contribution < 1.29 is 14.6 Å². The Bertz CT molecular complexity index is 215. The first kappa shape index (κ1) is 11.5. The van der Waals surface area contributed by atoms with Gasteiger partial charge in [0.2, 0.25) is 0 Å². The van der Waals surface area contributed by atoms with Gasteiger partial charge in [-0.2, -0.15) is 0 Å². The maximum atomic E-state index is 11.5. The summed E-state index contributed by atoms with van der Waals surface area (Å²) in [7, 11) is 0. The Kier molecular flexibility index (Phi) is 3.53. The van der Waals surface area contributed by atoms with Crippen LogP contribution in [-0.4, -0.2) is 23.3 Å². The number of hydrogen-bond donors (Lipinski definition) is 1. The zero-order chi connectivity index (χ0) is 10.8. The van der Waals surface area contributed by atoms with Crippen LogP contribution in [0.2, 0.25) is 0 Å². The number of rotatable bonds is 3. The molecule has 1 N–H and O–H groups in total. The SMILES string of the molecule is CCOC(=O)C(C)C1(O)CCC(C)C1. The highest BCUT2D eigenvalue weighted by Gasteiger charge is 2.43. The van der Waals surface area contributed by atoms with Crippen LogP contribution in [0.3, 0.4) is 0 Å². The monoisotopic (exact) mass is 200 g/mol. The van der Waals surface area contributed by atoms with E-state index in [-0.39, 0.29) is 5.97 Å². The third-order valence-electron chi connectivity index (χ3n) is 3.22. The summed E-state index contributed by atoms with van der Waals surface area (Å²) in [6.45, 7) is 6.03. The van der Waals surface area contributed by atoms with Crippen molar-refractivity contribution in [2.45, 2.75) is 45.6 Å². The van der Waals surface area contributed by atoms with Crippen LogP contribution < -0.4 is 0 Å². The summed E-state index contributed by atoms with van der Waals surface area (Å²) in [4.78, 5) is 11.5. The van der Waals surface area contributed by atoms with Crippen LogP contribution in [-0.2, 0) is 9.53 Å². The maximum Gasteiger partial charge on any atom is 0.311 e. The van der Waals surface area contributed by atoms with Gasteiger partial charge in [-0.15, -0.1) is 0 Å². The predicted octanol–water partition coefficient (Wildman–Crippen LogP) is 1.74. The van der Waals surface area contributed by atoms with Crippen LogP contribution in [0, 0.1) is 11.8 Å². The van der Waals surface area contributed by atoms with Gasteiger partial charge in [-0.3, -0.25) is 4.79 Å². The smallest absolute Gasteiger partial charge is 0.311 e. The van der Waals surface area contributed by atoms with Gasteiger partial charge in [-0.25, -0.2) is 0 Å². The van der Waals surface area contributed by atoms with E-state index in [2.05, 4.69) is 6.92 Å². The largest absolute Gasteiger partial charge is 0.466 e. The Morgan fingerprint density at radius 3 is 2.79 bits per heavy atom. The molecule has 0 aromatic heterocycles. The summed E-state index contributed by atoms with van der Waals surface area (Å²) < 4.78 is 4.92. The quantitative estimate of drug-likeness (QED) is 0.706. The minimum Gasteiger partial charge on any atom is -0.466 e. The lowest BCUT2D eigenvalue weighted by atomic mass is 9.86. The molecular formula is C11H20O3. The number of esters is 1. The minimum absolute atomic E-state index is 0.274. The molecule has 1 aliphatic rings. The topological polar surface area (TPSA) is 46.5 Å². The van der Waals surface area contributed by atoms with Crippen molar-refractivity contribution in [2.24, 2.45) is 11.8 Å². The molecule has 3 atom stereocenters. The standard InChI is InChI=1S/C11H20O3/c1-4-14-10(12)9(3)11(13)6-5-8(2)7-11/h8-9,13H,4-7H2,1-3H3. The Morgan fingerprint density at radius 2 is 2.36 bits per heavy atom. The first-order valence-electron chi connectivity index (χ1n) is 5.38. The Morgan fingerprint density at radius 1 is 1.71 bits per heavy atom. The van der Waals surface area contributed by atoms with Crippen LogP contribution in [0.15, 0.2) is 0 Å². The molecule has 0 radical (unpaired) electrons. The van der Waals surface area contributed by atoms with Crippen molar-refractivity contribution in [3.8, 4) is 0 Å². The van der Waals surface area contributed by atoms with Gasteiger partial charge in [0, 0.05) is 0 Å². The van der Waals surface area contributed by atoms with Gasteiger partial charge in [0.15, 0.2) is 0 Å². The molecule has 0 aromatic carbocycles. The van der Waals surface area contributed by atoms with Crippen LogP contribution in [0.25, 0.3) is 0 Å². The van der Waals surface area contributed by atoms with E-state index < -0.39 is 11.5 Å². The fourth-order valence-corrected chi connectivity index (χ4v) is 2.18. The number of aliphatic hydroxyl groups is 1. The highest BCUT2D eigenvalue weighted by Crippen LogP contribution is 2.39. The fourth-order valence-electron chi connectivity index (χ4n) is 2.18. The molecule has 0 bridgehead atoms. The van der Waals surface area contributed by atoms with Crippen molar-refractivity contribution in [1.29, 1.82) is 0 Å². The second-order valence-corrected chi connectivity index (χ2v) is 4.43. The van der Waals surface area contributed by atoms with E-state index >= 15 is 0 Å². The summed E-state index contributed by atoms with van der Waals surface area (Å²) >= 11 is 0. The number of ether oxygens (including phenoxy) is 1. The van der Waals surface area contributed by atoms with Gasteiger partial charge in [-0.1, -0.05) is 6.92 Å². The first-order valence-corrected chi connectivity index (χ1v) is 5.38. The molecule has 0 amide bonds. The van der Waals surface area contributed by atoms with Crippen LogP contribution >= 0.6 is 0 Å². The normalized spacial score (nSPS) is 34.1. The predicted molar refractivity (Wildman–Crippen MR) is 53.8 cm³/mol. The average Bonchev–Trinajstić information content (AvgIpc) is 2.47. The average molecular weight is 200 g/mol. The first-order chi connectivity index (χ1) is 6.49. The molecule has 3 nitrogen and oxygen atoms in total. The van der Waals surface area contributed by atoms with E-state index in [0.29, 0.717) is 25.4 Å². The molecule has 0 heterocycles. The summed E-state index contributed by atoms with van der Waals surface area (Å²) in [6, 6.07) is 0. The summed E-state index contributed by atoms with van der Waals surface area (Å²) in [6.07, 6.45) is 2.43. The summed E-state index contributed by atoms with van der Waals surface area (Å²) in [5, 5.41) is 10.2. The number of carbonyl (C=O) groups is 1. The lowest BCUT2D eigenvalue weighted by Gasteiger charge is -2.28. The van der Waals surface area contributed by atoms with Crippen molar-refractivity contribution in [3.63, 3.8) is 0 Å². The van der Waals surface area contributed by atoms with Gasteiger partial charge in [-0.05, 0) is 39.0 Å². The van der Waals surface area contributed by atoms with Crippen molar-refractivity contribution in [2.75, 3.05) is 6.61 Å². The molecule has 0 saturated heterocycles. The van der Waals surface area contributed by atoms with Gasteiger partial charge in [0.25, 0.3) is 0 Å². The molecule has 1 fully saturated rings. The van der Waals surface area contributed by atoms with E-state index in [1.165, 1.54) is 0 Å². The molecule has 3 unspecified atom stereocenters. The molecule has 0 aliphatic heterocycles. The van der Waals surface area contributed by atoms with Crippen LogP contribution in [0.5, 0.6) is 0 Å². The summed E-state index contributed by atoms with van der Waals surface area (Å²) in [5.74, 6) is -0.159. The lowest BCUT2D eigenvalue weighted by Crippen LogP contribution is -2.39. The van der Waals surface area contributed by atoms with Gasteiger partial charge in [0.05, 0.1) is 18.1 Å². The molecule has 1 aliphatic carbocycles. The Labute approximate surface area is 85.5 Å². The summed E-state index contributed by atoms with van der Waals surface area (Å²) in [5.41, 5.74) is -0.828. The van der Waals surface area contributed by atoms with Crippen LogP contribution in [0.4, 0.5) is 0 Å².